The number of rotatable bonds is 2. The van der Waals surface area contributed by atoms with Gasteiger partial charge in [-0.15, -0.1) is 0 Å². The molecule has 0 radical (unpaired) electrons. The molecule has 0 bridgehead atoms. The standard InChI is InChI=1S/C16H13ClN4O2/c17-13-4-2-1-3-12(13)14-8-11(20-23-14)7-10-9-21-6-5-18-16(21)19-15(10)22/h1-4,7-8H,5-6,9H2,(H,18,19,22)/b10-7-. The molecule has 0 aliphatic carbocycles. The molecule has 23 heavy (non-hydrogen) atoms. The second-order valence-electron chi connectivity index (χ2n) is 5.35. The van der Waals surface area contributed by atoms with Crippen LogP contribution in [-0.2, 0) is 4.79 Å². The summed E-state index contributed by atoms with van der Waals surface area (Å²) in [5, 5.41) is 7.39. The fourth-order valence-electron chi connectivity index (χ4n) is 2.65. The molecule has 2 aliphatic rings. The van der Waals surface area contributed by atoms with Crippen LogP contribution in [0.2, 0.25) is 5.02 Å². The van der Waals surface area contributed by atoms with Crippen LogP contribution >= 0.6 is 11.6 Å². The molecule has 1 N–H and O–H groups in total. The van der Waals surface area contributed by atoms with Crippen molar-refractivity contribution in [2.45, 2.75) is 0 Å². The van der Waals surface area contributed by atoms with Crippen LogP contribution in [0.1, 0.15) is 5.69 Å². The summed E-state index contributed by atoms with van der Waals surface area (Å²) in [4.78, 5) is 18.4. The van der Waals surface area contributed by atoms with Crippen molar-refractivity contribution in [2.24, 2.45) is 4.99 Å². The summed E-state index contributed by atoms with van der Waals surface area (Å²) >= 11 is 6.16. The minimum atomic E-state index is -0.149. The molecule has 116 valence electrons. The van der Waals surface area contributed by atoms with Crippen molar-refractivity contribution in [3.8, 4) is 11.3 Å². The molecule has 1 amide bonds. The molecule has 0 saturated carbocycles. The molecule has 2 aromatic rings. The van der Waals surface area contributed by atoms with Gasteiger partial charge >= 0.3 is 0 Å². The average Bonchev–Trinajstić information content (AvgIpc) is 3.17. The van der Waals surface area contributed by atoms with Crippen molar-refractivity contribution < 1.29 is 9.32 Å². The molecule has 0 atom stereocenters. The highest BCUT2D eigenvalue weighted by atomic mass is 35.5. The van der Waals surface area contributed by atoms with E-state index in [9.17, 15) is 4.79 Å². The van der Waals surface area contributed by atoms with Crippen LogP contribution in [0.15, 0.2) is 45.4 Å². The fraction of sp³-hybridized carbons (Fsp3) is 0.188. The number of aliphatic imine (C=N–C) groups is 1. The number of amides is 1. The average molecular weight is 329 g/mol. The lowest BCUT2D eigenvalue weighted by Gasteiger charge is -2.26. The van der Waals surface area contributed by atoms with E-state index in [0.717, 1.165) is 12.1 Å². The molecule has 6 nitrogen and oxygen atoms in total. The predicted octanol–water partition coefficient (Wildman–Crippen LogP) is 2.18. The van der Waals surface area contributed by atoms with Crippen molar-refractivity contribution in [3.05, 3.63) is 46.6 Å². The van der Waals surface area contributed by atoms with Gasteiger partial charge in [0.1, 0.15) is 5.69 Å². The molecular weight excluding hydrogens is 316 g/mol. The summed E-state index contributed by atoms with van der Waals surface area (Å²) in [6.07, 6.45) is 1.73. The van der Waals surface area contributed by atoms with E-state index in [1.165, 1.54) is 0 Å². The smallest absolute Gasteiger partial charge is 0.255 e. The molecule has 2 aliphatic heterocycles. The van der Waals surface area contributed by atoms with Gasteiger partial charge in [0, 0.05) is 23.7 Å². The number of benzene rings is 1. The van der Waals surface area contributed by atoms with Crippen molar-refractivity contribution in [1.29, 1.82) is 0 Å². The topological polar surface area (TPSA) is 70.7 Å². The van der Waals surface area contributed by atoms with Crippen LogP contribution < -0.4 is 5.32 Å². The zero-order chi connectivity index (χ0) is 15.8. The highest BCUT2D eigenvalue weighted by Gasteiger charge is 2.28. The van der Waals surface area contributed by atoms with E-state index >= 15 is 0 Å². The summed E-state index contributed by atoms with van der Waals surface area (Å²) in [7, 11) is 0. The van der Waals surface area contributed by atoms with Crippen LogP contribution in [0.3, 0.4) is 0 Å². The Bertz CT molecular complexity index is 840. The summed E-state index contributed by atoms with van der Waals surface area (Å²) in [5.74, 6) is 1.08. The third-order valence-corrected chi connectivity index (χ3v) is 4.13. The molecule has 1 fully saturated rings. The Kier molecular flexibility index (Phi) is 3.38. The Morgan fingerprint density at radius 3 is 3.09 bits per heavy atom. The normalized spacial score (nSPS) is 18.8. The van der Waals surface area contributed by atoms with E-state index in [1.807, 2.05) is 23.1 Å². The van der Waals surface area contributed by atoms with Gasteiger partial charge in [0.2, 0.25) is 5.96 Å². The van der Waals surface area contributed by atoms with Crippen LogP contribution in [0.25, 0.3) is 17.4 Å². The number of hydrogen-bond acceptors (Lipinski definition) is 5. The Morgan fingerprint density at radius 1 is 1.35 bits per heavy atom. The highest BCUT2D eigenvalue weighted by molar-refractivity contribution is 6.33. The van der Waals surface area contributed by atoms with Crippen molar-refractivity contribution in [3.63, 3.8) is 0 Å². The van der Waals surface area contributed by atoms with E-state index in [0.29, 0.717) is 41.1 Å². The van der Waals surface area contributed by atoms with E-state index in [1.54, 1.807) is 18.2 Å². The van der Waals surface area contributed by atoms with Crippen LogP contribution in [-0.4, -0.2) is 41.6 Å². The first-order valence-corrected chi connectivity index (χ1v) is 7.61. The zero-order valence-electron chi connectivity index (χ0n) is 12.1. The third-order valence-electron chi connectivity index (χ3n) is 3.80. The molecule has 7 heteroatoms. The second-order valence-corrected chi connectivity index (χ2v) is 5.75. The highest BCUT2D eigenvalue weighted by Crippen LogP contribution is 2.28. The minimum Gasteiger partial charge on any atom is -0.356 e. The van der Waals surface area contributed by atoms with Gasteiger partial charge in [0.05, 0.1) is 18.1 Å². The molecule has 1 saturated heterocycles. The molecule has 3 heterocycles. The number of guanidine groups is 1. The van der Waals surface area contributed by atoms with Gasteiger partial charge in [-0.05, 0) is 18.2 Å². The predicted molar refractivity (Wildman–Crippen MR) is 86.9 cm³/mol. The lowest BCUT2D eigenvalue weighted by molar-refractivity contribution is -0.116. The van der Waals surface area contributed by atoms with Gasteiger partial charge in [-0.25, -0.2) is 0 Å². The van der Waals surface area contributed by atoms with E-state index in [4.69, 9.17) is 16.1 Å². The summed E-state index contributed by atoms with van der Waals surface area (Å²) in [5.41, 5.74) is 1.99. The van der Waals surface area contributed by atoms with Crippen molar-refractivity contribution in [1.82, 2.24) is 15.4 Å². The Morgan fingerprint density at radius 2 is 2.22 bits per heavy atom. The Balaban J connectivity index is 1.61. The van der Waals surface area contributed by atoms with Crippen LogP contribution in [0.5, 0.6) is 0 Å². The lowest BCUT2D eigenvalue weighted by Crippen LogP contribution is -2.49. The number of carbonyl (C=O) groups is 1. The van der Waals surface area contributed by atoms with Gasteiger partial charge in [-0.3, -0.25) is 15.1 Å². The number of hydrogen-bond donors (Lipinski definition) is 1. The SMILES string of the molecule is O=C1NC2=NCCN2C/C1=C/c1cc(-c2ccccc2Cl)on1. The number of carbonyl (C=O) groups excluding carboxylic acids is 1. The number of fused-ring (bicyclic) bond motifs is 1. The maximum Gasteiger partial charge on any atom is 0.255 e. The third kappa shape index (κ3) is 2.61. The summed E-state index contributed by atoms with van der Waals surface area (Å²) in [6.45, 7) is 2.05. The van der Waals surface area contributed by atoms with E-state index in [-0.39, 0.29) is 5.91 Å². The molecule has 0 unspecified atom stereocenters. The maximum absolute atomic E-state index is 12.1. The first-order chi connectivity index (χ1) is 11.2. The molecular formula is C16H13ClN4O2. The quantitative estimate of drug-likeness (QED) is 0.858. The van der Waals surface area contributed by atoms with Gasteiger partial charge < -0.3 is 9.42 Å². The first kappa shape index (κ1) is 14.0. The van der Waals surface area contributed by atoms with Gasteiger partial charge in [-0.2, -0.15) is 0 Å². The Labute approximate surface area is 137 Å². The first-order valence-electron chi connectivity index (χ1n) is 7.23. The monoisotopic (exact) mass is 328 g/mol. The fourth-order valence-corrected chi connectivity index (χ4v) is 2.88. The van der Waals surface area contributed by atoms with E-state index < -0.39 is 0 Å². The van der Waals surface area contributed by atoms with Gasteiger partial charge in [-0.1, -0.05) is 28.9 Å². The zero-order valence-corrected chi connectivity index (χ0v) is 12.9. The number of nitrogens with zero attached hydrogens (tertiary/aromatic N) is 3. The maximum atomic E-state index is 12.1. The van der Waals surface area contributed by atoms with Crippen molar-refractivity contribution in [2.75, 3.05) is 19.6 Å². The second kappa shape index (κ2) is 5.55. The molecule has 4 rings (SSSR count). The number of nitrogens with one attached hydrogen (secondary N) is 1. The Hall–Kier alpha value is -2.60. The summed E-state index contributed by atoms with van der Waals surface area (Å²) < 4.78 is 5.35. The lowest BCUT2D eigenvalue weighted by atomic mass is 10.1. The number of halogens is 1. The van der Waals surface area contributed by atoms with Gasteiger partial charge in [0.25, 0.3) is 5.91 Å². The van der Waals surface area contributed by atoms with Gasteiger partial charge in [0.15, 0.2) is 5.76 Å². The van der Waals surface area contributed by atoms with Crippen molar-refractivity contribution >= 4 is 29.5 Å². The summed E-state index contributed by atoms with van der Waals surface area (Å²) in [6, 6.07) is 9.16. The molecule has 1 aromatic heterocycles. The molecule has 1 aromatic carbocycles. The minimum absolute atomic E-state index is 0.149. The van der Waals surface area contributed by atoms with Crippen LogP contribution in [0.4, 0.5) is 0 Å². The van der Waals surface area contributed by atoms with E-state index in [2.05, 4.69) is 15.5 Å². The largest absolute Gasteiger partial charge is 0.356 e. The van der Waals surface area contributed by atoms with Crippen LogP contribution in [0, 0.1) is 0 Å². The number of aromatic nitrogens is 1. The molecule has 0 spiro atoms.